The SMILES string of the molecule is Cc1ccc(C(N)=S)c(N2CCC3NC(=O)CCC3C2)c1. The molecule has 2 saturated heterocycles. The number of hydrogen-bond donors (Lipinski definition) is 2. The van der Waals surface area contributed by atoms with Gasteiger partial charge in [0.1, 0.15) is 4.99 Å². The monoisotopic (exact) mass is 303 g/mol. The van der Waals surface area contributed by atoms with Crippen molar-refractivity contribution in [1.82, 2.24) is 5.32 Å². The highest BCUT2D eigenvalue weighted by Gasteiger charge is 2.34. The standard InChI is InChI=1S/C16H21N3OS/c1-10-2-4-12(16(17)21)14(8-10)19-7-6-13-11(9-19)3-5-15(20)18-13/h2,4,8,11,13H,3,5-7,9H2,1H3,(H2,17,21)(H,18,20). The van der Waals surface area contributed by atoms with Gasteiger partial charge in [-0.25, -0.2) is 0 Å². The number of piperidine rings is 2. The fourth-order valence-electron chi connectivity index (χ4n) is 3.44. The number of amides is 1. The van der Waals surface area contributed by atoms with E-state index in [0.717, 1.165) is 37.2 Å². The van der Waals surface area contributed by atoms with Gasteiger partial charge < -0.3 is 16.0 Å². The molecule has 112 valence electrons. The molecule has 3 rings (SSSR count). The average Bonchev–Trinajstić information content (AvgIpc) is 2.46. The van der Waals surface area contributed by atoms with Gasteiger partial charge in [0, 0.05) is 36.8 Å². The second-order valence-electron chi connectivity index (χ2n) is 6.09. The normalized spacial score (nSPS) is 25.2. The molecule has 0 aromatic heterocycles. The highest BCUT2D eigenvalue weighted by atomic mass is 32.1. The van der Waals surface area contributed by atoms with Gasteiger partial charge in [-0.15, -0.1) is 0 Å². The number of carbonyl (C=O) groups is 1. The molecule has 3 N–H and O–H groups in total. The van der Waals surface area contributed by atoms with E-state index < -0.39 is 0 Å². The second kappa shape index (κ2) is 5.64. The van der Waals surface area contributed by atoms with E-state index in [1.807, 2.05) is 12.1 Å². The first kappa shape index (κ1) is 14.3. The molecule has 0 spiro atoms. The Morgan fingerprint density at radius 3 is 3.00 bits per heavy atom. The maximum atomic E-state index is 11.5. The lowest BCUT2D eigenvalue weighted by atomic mass is 9.84. The zero-order valence-electron chi connectivity index (χ0n) is 12.3. The van der Waals surface area contributed by atoms with Crippen molar-refractivity contribution in [1.29, 1.82) is 0 Å². The number of anilines is 1. The molecule has 0 bridgehead atoms. The molecule has 2 unspecified atom stereocenters. The van der Waals surface area contributed by atoms with Crippen LogP contribution in [0.25, 0.3) is 0 Å². The van der Waals surface area contributed by atoms with E-state index in [0.29, 0.717) is 23.4 Å². The zero-order chi connectivity index (χ0) is 15.0. The maximum Gasteiger partial charge on any atom is 0.220 e. The van der Waals surface area contributed by atoms with Crippen LogP contribution in [0, 0.1) is 12.8 Å². The van der Waals surface area contributed by atoms with Crippen LogP contribution < -0.4 is 16.0 Å². The average molecular weight is 303 g/mol. The second-order valence-corrected chi connectivity index (χ2v) is 6.53. The number of carbonyl (C=O) groups excluding carboxylic acids is 1. The summed E-state index contributed by atoms with van der Waals surface area (Å²) in [5, 5.41) is 3.12. The number of aryl methyl sites for hydroxylation is 1. The van der Waals surface area contributed by atoms with E-state index in [4.69, 9.17) is 18.0 Å². The molecule has 21 heavy (non-hydrogen) atoms. The number of benzene rings is 1. The summed E-state index contributed by atoms with van der Waals surface area (Å²) in [4.78, 5) is 14.3. The molecular weight excluding hydrogens is 282 g/mol. The van der Waals surface area contributed by atoms with Crippen LogP contribution in [-0.4, -0.2) is 30.0 Å². The number of nitrogens with zero attached hydrogens (tertiary/aromatic N) is 1. The third kappa shape index (κ3) is 2.88. The summed E-state index contributed by atoms with van der Waals surface area (Å²) in [6, 6.07) is 6.56. The molecule has 2 aliphatic heterocycles. The fourth-order valence-corrected chi connectivity index (χ4v) is 3.61. The lowest BCUT2D eigenvalue weighted by Crippen LogP contribution is -2.54. The van der Waals surface area contributed by atoms with Gasteiger partial charge in [0.25, 0.3) is 0 Å². The molecule has 0 aliphatic carbocycles. The molecular formula is C16H21N3OS. The van der Waals surface area contributed by atoms with E-state index in [2.05, 4.69) is 23.2 Å². The van der Waals surface area contributed by atoms with Gasteiger partial charge in [-0.1, -0.05) is 18.3 Å². The van der Waals surface area contributed by atoms with Crippen molar-refractivity contribution >= 4 is 28.8 Å². The summed E-state index contributed by atoms with van der Waals surface area (Å²) >= 11 is 5.19. The Kier molecular flexibility index (Phi) is 3.85. The van der Waals surface area contributed by atoms with Gasteiger partial charge >= 0.3 is 0 Å². The van der Waals surface area contributed by atoms with Crippen LogP contribution in [-0.2, 0) is 4.79 Å². The van der Waals surface area contributed by atoms with Crippen LogP contribution in [0.3, 0.4) is 0 Å². The van der Waals surface area contributed by atoms with E-state index in [9.17, 15) is 4.79 Å². The summed E-state index contributed by atoms with van der Waals surface area (Å²) < 4.78 is 0. The first-order chi connectivity index (χ1) is 10.0. The van der Waals surface area contributed by atoms with Gasteiger partial charge in [-0.3, -0.25) is 4.79 Å². The summed E-state index contributed by atoms with van der Waals surface area (Å²) in [5.41, 5.74) is 9.17. The lowest BCUT2D eigenvalue weighted by molar-refractivity contribution is -0.124. The molecule has 1 aromatic rings. The number of rotatable bonds is 2. The molecule has 0 radical (unpaired) electrons. The van der Waals surface area contributed by atoms with Crippen LogP contribution in [0.5, 0.6) is 0 Å². The molecule has 5 heteroatoms. The first-order valence-corrected chi connectivity index (χ1v) is 7.90. The van der Waals surface area contributed by atoms with Crippen molar-refractivity contribution < 1.29 is 4.79 Å². The summed E-state index contributed by atoms with van der Waals surface area (Å²) in [6.45, 7) is 3.98. The molecule has 0 saturated carbocycles. The predicted octanol–water partition coefficient (Wildman–Crippen LogP) is 1.73. The number of nitrogens with two attached hydrogens (primary N) is 1. The minimum Gasteiger partial charge on any atom is -0.389 e. The van der Waals surface area contributed by atoms with Crippen molar-refractivity contribution in [2.45, 2.75) is 32.2 Å². The molecule has 4 nitrogen and oxygen atoms in total. The van der Waals surface area contributed by atoms with Crippen molar-refractivity contribution in [3.63, 3.8) is 0 Å². The Labute approximate surface area is 130 Å². The number of thiocarbonyl (C=S) groups is 1. The van der Waals surface area contributed by atoms with Gasteiger partial charge in [-0.05, 0) is 43.4 Å². The van der Waals surface area contributed by atoms with E-state index in [1.165, 1.54) is 5.56 Å². The Morgan fingerprint density at radius 1 is 1.43 bits per heavy atom. The van der Waals surface area contributed by atoms with Crippen LogP contribution in [0.4, 0.5) is 5.69 Å². The summed E-state index contributed by atoms with van der Waals surface area (Å²) in [7, 11) is 0. The van der Waals surface area contributed by atoms with Crippen molar-refractivity contribution in [2.75, 3.05) is 18.0 Å². The van der Waals surface area contributed by atoms with Crippen molar-refractivity contribution in [3.8, 4) is 0 Å². The molecule has 2 aliphatic rings. The van der Waals surface area contributed by atoms with Crippen molar-refractivity contribution in [2.24, 2.45) is 11.7 Å². The fraction of sp³-hybridized carbons (Fsp3) is 0.500. The van der Waals surface area contributed by atoms with Crippen molar-refractivity contribution in [3.05, 3.63) is 29.3 Å². The summed E-state index contributed by atoms with van der Waals surface area (Å²) in [5.74, 6) is 0.722. The van der Waals surface area contributed by atoms with Gasteiger partial charge in [0.15, 0.2) is 0 Å². The molecule has 2 atom stereocenters. The summed E-state index contributed by atoms with van der Waals surface area (Å²) in [6.07, 6.45) is 2.60. The third-order valence-electron chi connectivity index (χ3n) is 4.58. The van der Waals surface area contributed by atoms with Gasteiger partial charge in [0.05, 0.1) is 0 Å². The van der Waals surface area contributed by atoms with Crippen LogP contribution in [0.1, 0.15) is 30.4 Å². The highest BCUT2D eigenvalue weighted by molar-refractivity contribution is 7.80. The first-order valence-electron chi connectivity index (χ1n) is 7.49. The van der Waals surface area contributed by atoms with Crippen LogP contribution >= 0.6 is 12.2 Å². The zero-order valence-corrected chi connectivity index (χ0v) is 13.1. The van der Waals surface area contributed by atoms with Crippen LogP contribution in [0.2, 0.25) is 0 Å². The van der Waals surface area contributed by atoms with Crippen LogP contribution in [0.15, 0.2) is 18.2 Å². The molecule has 1 aromatic carbocycles. The van der Waals surface area contributed by atoms with E-state index in [-0.39, 0.29) is 5.91 Å². The Morgan fingerprint density at radius 2 is 2.24 bits per heavy atom. The lowest BCUT2D eigenvalue weighted by Gasteiger charge is -2.43. The molecule has 2 fully saturated rings. The quantitative estimate of drug-likeness (QED) is 0.817. The predicted molar refractivity (Wildman–Crippen MR) is 88.6 cm³/mol. The number of hydrogen-bond acceptors (Lipinski definition) is 3. The third-order valence-corrected chi connectivity index (χ3v) is 4.80. The molecule has 2 heterocycles. The Bertz CT molecular complexity index is 587. The number of fused-ring (bicyclic) bond motifs is 1. The van der Waals surface area contributed by atoms with Gasteiger partial charge in [0.2, 0.25) is 5.91 Å². The maximum absolute atomic E-state index is 11.5. The smallest absolute Gasteiger partial charge is 0.220 e. The number of nitrogens with one attached hydrogen (secondary N) is 1. The van der Waals surface area contributed by atoms with E-state index >= 15 is 0 Å². The topological polar surface area (TPSA) is 58.4 Å². The molecule has 1 amide bonds. The van der Waals surface area contributed by atoms with Gasteiger partial charge in [-0.2, -0.15) is 0 Å². The minimum atomic E-state index is 0.198. The minimum absolute atomic E-state index is 0.198. The van der Waals surface area contributed by atoms with E-state index in [1.54, 1.807) is 0 Å². The highest BCUT2D eigenvalue weighted by Crippen LogP contribution is 2.31. The Hall–Kier alpha value is -1.62. The Balaban J connectivity index is 1.84. The largest absolute Gasteiger partial charge is 0.389 e.